The fourth-order valence-corrected chi connectivity index (χ4v) is 2.37. The van der Waals surface area contributed by atoms with Crippen molar-refractivity contribution in [2.45, 2.75) is 19.6 Å². The van der Waals surface area contributed by atoms with Crippen LogP contribution in [0.15, 0.2) is 61.2 Å². The van der Waals surface area contributed by atoms with Gasteiger partial charge < -0.3 is 15.0 Å². The van der Waals surface area contributed by atoms with Gasteiger partial charge in [-0.1, -0.05) is 18.2 Å². The molecule has 0 aliphatic carbocycles. The molecule has 0 spiro atoms. The molecule has 0 atom stereocenters. The lowest BCUT2D eigenvalue weighted by atomic mass is 10.1. The summed E-state index contributed by atoms with van der Waals surface area (Å²) in [7, 11) is 0. The SMILES string of the molecule is O=C(O)c1ccc(Cn2cnc(CNCc3ccccn3)c2)cc1. The topological polar surface area (TPSA) is 80.0 Å². The first kappa shape index (κ1) is 15.9. The predicted molar refractivity (Wildman–Crippen MR) is 89.5 cm³/mol. The van der Waals surface area contributed by atoms with Crippen molar-refractivity contribution in [3.05, 3.63) is 83.7 Å². The molecule has 3 aromatic rings. The van der Waals surface area contributed by atoms with Crippen LogP contribution in [0.25, 0.3) is 0 Å². The molecule has 1 aromatic carbocycles. The van der Waals surface area contributed by atoms with Crippen molar-refractivity contribution in [1.29, 1.82) is 0 Å². The Balaban J connectivity index is 1.52. The number of hydrogen-bond donors (Lipinski definition) is 2. The third kappa shape index (κ3) is 4.27. The van der Waals surface area contributed by atoms with Crippen molar-refractivity contribution in [1.82, 2.24) is 19.9 Å². The molecule has 0 saturated carbocycles. The van der Waals surface area contributed by atoms with Gasteiger partial charge in [0, 0.05) is 32.0 Å². The third-order valence-corrected chi connectivity index (χ3v) is 3.59. The van der Waals surface area contributed by atoms with Crippen LogP contribution < -0.4 is 5.32 Å². The Hall–Kier alpha value is -2.99. The minimum atomic E-state index is -0.912. The third-order valence-electron chi connectivity index (χ3n) is 3.59. The maximum Gasteiger partial charge on any atom is 0.335 e. The standard InChI is InChI=1S/C18H18N4O2/c23-18(24)15-6-4-14(5-7-15)11-22-12-17(21-13-22)10-19-9-16-3-1-2-8-20-16/h1-8,12-13,19H,9-11H2,(H,23,24). The zero-order chi connectivity index (χ0) is 16.8. The van der Waals surface area contributed by atoms with E-state index in [2.05, 4.69) is 15.3 Å². The second kappa shape index (κ2) is 7.52. The number of aromatic carboxylic acids is 1. The maximum atomic E-state index is 10.9. The van der Waals surface area contributed by atoms with Gasteiger partial charge in [0.05, 0.1) is 23.3 Å². The summed E-state index contributed by atoms with van der Waals surface area (Å²) < 4.78 is 1.98. The Kier molecular flexibility index (Phi) is 4.98. The number of aromatic nitrogens is 3. The Labute approximate surface area is 139 Å². The van der Waals surface area contributed by atoms with Crippen molar-refractivity contribution >= 4 is 5.97 Å². The molecule has 0 amide bonds. The van der Waals surface area contributed by atoms with Gasteiger partial charge in [-0.25, -0.2) is 9.78 Å². The Bertz CT molecular complexity index is 797. The fraction of sp³-hybridized carbons (Fsp3) is 0.167. The van der Waals surface area contributed by atoms with Crippen LogP contribution in [0.4, 0.5) is 0 Å². The molecule has 0 aliphatic heterocycles. The van der Waals surface area contributed by atoms with Crippen LogP contribution in [0, 0.1) is 0 Å². The van der Waals surface area contributed by atoms with Crippen molar-refractivity contribution < 1.29 is 9.90 Å². The highest BCUT2D eigenvalue weighted by molar-refractivity contribution is 5.87. The average Bonchev–Trinajstić information content (AvgIpc) is 3.04. The Morgan fingerprint density at radius 1 is 1.04 bits per heavy atom. The number of carbonyl (C=O) groups is 1. The van der Waals surface area contributed by atoms with E-state index in [1.54, 1.807) is 24.7 Å². The lowest BCUT2D eigenvalue weighted by Crippen LogP contribution is -2.13. The van der Waals surface area contributed by atoms with Gasteiger partial charge in [-0.05, 0) is 29.8 Å². The van der Waals surface area contributed by atoms with Crippen LogP contribution >= 0.6 is 0 Å². The lowest BCUT2D eigenvalue weighted by molar-refractivity contribution is 0.0697. The first-order chi connectivity index (χ1) is 11.7. The minimum absolute atomic E-state index is 0.295. The van der Waals surface area contributed by atoms with Gasteiger partial charge >= 0.3 is 5.97 Å². The van der Waals surface area contributed by atoms with E-state index < -0.39 is 5.97 Å². The van der Waals surface area contributed by atoms with Gasteiger partial charge in [-0.3, -0.25) is 4.98 Å². The first-order valence-electron chi connectivity index (χ1n) is 7.64. The van der Waals surface area contributed by atoms with Gasteiger partial charge in [0.1, 0.15) is 0 Å². The molecule has 0 aliphatic rings. The van der Waals surface area contributed by atoms with Crippen LogP contribution in [-0.4, -0.2) is 25.6 Å². The van der Waals surface area contributed by atoms with Gasteiger partial charge in [-0.15, -0.1) is 0 Å². The Morgan fingerprint density at radius 3 is 2.54 bits per heavy atom. The minimum Gasteiger partial charge on any atom is -0.478 e. The number of nitrogens with zero attached hydrogens (tertiary/aromatic N) is 3. The molecule has 0 bridgehead atoms. The van der Waals surface area contributed by atoms with E-state index in [4.69, 9.17) is 5.11 Å². The van der Waals surface area contributed by atoms with E-state index >= 15 is 0 Å². The second-order valence-corrected chi connectivity index (χ2v) is 5.46. The van der Waals surface area contributed by atoms with Crippen molar-refractivity contribution in [3.63, 3.8) is 0 Å². The summed E-state index contributed by atoms with van der Waals surface area (Å²) in [6.45, 7) is 2.03. The highest BCUT2D eigenvalue weighted by atomic mass is 16.4. The highest BCUT2D eigenvalue weighted by Gasteiger charge is 2.03. The van der Waals surface area contributed by atoms with Crippen molar-refractivity contribution in [3.8, 4) is 0 Å². The molecule has 0 fully saturated rings. The molecular formula is C18H18N4O2. The zero-order valence-corrected chi connectivity index (χ0v) is 13.1. The summed E-state index contributed by atoms with van der Waals surface area (Å²) in [5, 5.41) is 12.2. The number of nitrogens with one attached hydrogen (secondary N) is 1. The van der Waals surface area contributed by atoms with Crippen LogP contribution in [0.5, 0.6) is 0 Å². The summed E-state index contributed by atoms with van der Waals surface area (Å²) in [4.78, 5) is 19.5. The number of carboxylic acid groups (broad SMARTS) is 1. The van der Waals surface area contributed by atoms with Crippen LogP contribution in [-0.2, 0) is 19.6 Å². The zero-order valence-electron chi connectivity index (χ0n) is 13.1. The molecule has 2 heterocycles. The summed E-state index contributed by atoms with van der Waals surface area (Å²) in [6, 6.07) is 12.7. The van der Waals surface area contributed by atoms with Gasteiger partial charge in [0.25, 0.3) is 0 Å². The lowest BCUT2D eigenvalue weighted by Gasteiger charge is -2.03. The van der Waals surface area contributed by atoms with Gasteiger partial charge in [0.2, 0.25) is 0 Å². The molecule has 3 rings (SSSR count). The number of imidazole rings is 1. The smallest absolute Gasteiger partial charge is 0.335 e. The molecule has 2 aromatic heterocycles. The molecule has 6 nitrogen and oxygen atoms in total. The van der Waals surface area contributed by atoms with Crippen LogP contribution in [0.1, 0.15) is 27.3 Å². The maximum absolute atomic E-state index is 10.9. The molecule has 2 N–H and O–H groups in total. The number of rotatable bonds is 7. The van der Waals surface area contributed by atoms with Crippen LogP contribution in [0.3, 0.4) is 0 Å². The molecule has 24 heavy (non-hydrogen) atoms. The number of benzene rings is 1. The van der Waals surface area contributed by atoms with Crippen LogP contribution in [0.2, 0.25) is 0 Å². The monoisotopic (exact) mass is 322 g/mol. The van der Waals surface area contributed by atoms with E-state index in [1.807, 2.05) is 41.1 Å². The molecule has 122 valence electrons. The van der Waals surface area contributed by atoms with Crippen molar-refractivity contribution in [2.75, 3.05) is 0 Å². The summed E-state index contributed by atoms with van der Waals surface area (Å²) in [6.07, 6.45) is 5.54. The summed E-state index contributed by atoms with van der Waals surface area (Å²) in [5.41, 5.74) is 3.28. The van der Waals surface area contributed by atoms with Gasteiger partial charge in [-0.2, -0.15) is 0 Å². The molecule has 6 heteroatoms. The second-order valence-electron chi connectivity index (χ2n) is 5.46. The summed E-state index contributed by atoms with van der Waals surface area (Å²) in [5.74, 6) is -0.912. The Morgan fingerprint density at radius 2 is 1.83 bits per heavy atom. The van der Waals surface area contributed by atoms with E-state index in [1.165, 1.54) is 0 Å². The highest BCUT2D eigenvalue weighted by Crippen LogP contribution is 2.07. The normalized spacial score (nSPS) is 10.7. The number of carboxylic acids is 1. The molecule has 0 radical (unpaired) electrons. The number of pyridine rings is 1. The van der Waals surface area contributed by atoms with Gasteiger partial charge in [0.15, 0.2) is 0 Å². The quantitative estimate of drug-likeness (QED) is 0.698. The van der Waals surface area contributed by atoms with E-state index in [-0.39, 0.29) is 0 Å². The predicted octanol–water partition coefficient (Wildman–Crippen LogP) is 2.31. The van der Waals surface area contributed by atoms with E-state index in [0.29, 0.717) is 25.2 Å². The van der Waals surface area contributed by atoms with E-state index in [9.17, 15) is 4.79 Å². The average molecular weight is 322 g/mol. The fourth-order valence-electron chi connectivity index (χ4n) is 2.37. The molecule has 0 saturated heterocycles. The van der Waals surface area contributed by atoms with E-state index in [0.717, 1.165) is 17.0 Å². The molecule has 0 unspecified atom stereocenters. The summed E-state index contributed by atoms with van der Waals surface area (Å²) >= 11 is 0. The first-order valence-corrected chi connectivity index (χ1v) is 7.64. The largest absolute Gasteiger partial charge is 0.478 e. The number of hydrogen-bond acceptors (Lipinski definition) is 4. The molecular weight excluding hydrogens is 304 g/mol. The van der Waals surface area contributed by atoms with Crippen molar-refractivity contribution in [2.24, 2.45) is 0 Å².